The first-order valence-electron chi connectivity index (χ1n) is 6.90. The number of esters is 1. The summed E-state index contributed by atoms with van der Waals surface area (Å²) in [5.74, 6) is -0.584. The van der Waals surface area contributed by atoms with Crippen molar-refractivity contribution in [1.82, 2.24) is 5.32 Å². The van der Waals surface area contributed by atoms with Gasteiger partial charge in [0.25, 0.3) is 5.91 Å². The Labute approximate surface area is 128 Å². The smallest absolute Gasteiger partial charge is 0.306 e. The highest BCUT2D eigenvalue weighted by atomic mass is 32.1. The van der Waals surface area contributed by atoms with Gasteiger partial charge in [0.1, 0.15) is 0 Å². The third-order valence-electron chi connectivity index (χ3n) is 2.64. The van der Waals surface area contributed by atoms with Crippen molar-refractivity contribution in [2.24, 2.45) is 5.92 Å². The Kier molecular flexibility index (Phi) is 7.08. The normalized spacial score (nSPS) is 10.5. The Morgan fingerprint density at radius 3 is 2.52 bits per heavy atom. The summed E-state index contributed by atoms with van der Waals surface area (Å²) in [4.78, 5) is 36.3. The van der Waals surface area contributed by atoms with Gasteiger partial charge in [0.2, 0.25) is 0 Å². The third kappa shape index (κ3) is 7.04. The van der Waals surface area contributed by atoms with Crippen molar-refractivity contribution in [3.63, 3.8) is 0 Å². The Morgan fingerprint density at radius 2 is 1.95 bits per heavy atom. The Balaban J connectivity index is 2.22. The van der Waals surface area contributed by atoms with Crippen LogP contribution < -0.4 is 5.32 Å². The molecule has 1 rings (SSSR count). The number of Topliss-reactive ketones (excluding diaryl/α,β-unsaturated/α-hetero) is 1. The molecule has 21 heavy (non-hydrogen) atoms. The third-order valence-corrected chi connectivity index (χ3v) is 3.68. The first-order valence-corrected chi connectivity index (χ1v) is 7.72. The minimum absolute atomic E-state index is 0.00670. The summed E-state index contributed by atoms with van der Waals surface area (Å²) in [5, 5.41) is 2.65. The minimum Gasteiger partial charge on any atom is -0.456 e. The first kappa shape index (κ1) is 17.4. The molecule has 0 spiro atoms. The van der Waals surface area contributed by atoms with Gasteiger partial charge in [-0.25, -0.2) is 0 Å². The zero-order valence-electron chi connectivity index (χ0n) is 12.6. The van der Waals surface area contributed by atoms with E-state index in [2.05, 4.69) is 5.32 Å². The van der Waals surface area contributed by atoms with Crippen molar-refractivity contribution in [2.45, 2.75) is 33.6 Å². The number of hydrogen-bond donors (Lipinski definition) is 1. The number of amides is 1. The van der Waals surface area contributed by atoms with E-state index in [1.807, 2.05) is 26.8 Å². The lowest BCUT2D eigenvalue weighted by atomic mass is 10.2. The van der Waals surface area contributed by atoms with Gasteiger partial charge in [-0.2, -0.15) is 0 Å². The average Bonchev–Trinajstić information content (AvgIpc) is 2.86. The van der Waals surface area contributed by atoms with Crippen LogP contribution in [0.3, 0.4) is 0 Å². The number of carbonyl (C=O) groups is 3. The van der Waals surface area contributed by atoms with Crippen LogP contribution in [0.1, 0.15) is 41.2 Å². The molecule has 0 fully saturated rings. The van der Waals surface area contributed by atoms with Crippen molar-refractivity contribution in [3.8, 4) is 0 Å². The summed E-state index contributed by atoms with van der Waals surface area (Å²) < 4.78 is 4.83. The van der Waals surface area contributed by atoms with Gasteiger partial charge in [-0.15, -0.1) is 11.3 Å². The van der Waals surface area contributed by atoms with E-state index in [1.54, 1.807) is 6.07 Å². The van der Waals surface area contributed by atoms with Gasteiger partial charge < -0.3 is 10.1 Å². The maximum atomic E-state index is 11.8. The quantitative estimate of drug-likeness (QED) is 0.591. The highest BCUT2D eigenvalue weighted by Crippen LogP contribution is 2.17. The zero-order valence-corrected chi connectivity index (χ0v) is 13.4. The minimum atomic E-state index is -0.531. The number of aryl methyl sites for hydroxylation is 1. The molecule has 0 aliphatic rings. The van der Waals surface area contributed by atoms with E-state index >= 15 is 0 Å². The van der Waals surface area contributed by atoms with Gasteiger partial charge in [-0.1, -0.05) is 13.8 Å². The largest absolute Gasteiger partial charge is 0.456 e. The summed E-state index contributed by atoms with van der Waals surface area (Å²) in [6.07, 6.45) is 0.0969. The summed E-state index contributed by atoms with van der Waals surface area (Å²) in [7, 11) is 0. The Bertz CT molecular complexity index is 508. The molecular formula is C15H21NO4S. The number of ether oxygens (including phenoxy) is 1. The number of carbonyl (C=O) groups excluding carboxylic acids is 3. The molecule has 1 N–H and O–H groups in total. The highest BCUT2D eigenvalue weighted by Gasteiger charge is 2.13. The molecule has 0 unspecified atom stereocenters. The van der Waals surface area contributed by atoms with Gasteiger partial charge in [-0.3, -0.25) is 14.4 Å². The highest BCUT2D eigenvalue weighted by molar-refractivity contribution is 7.14. The molecule has 1 heterocycles. The van der Waals surface area contributed by atoms with Crippen LogP contribution in [0.25, 0.3) is 0 Å². The van der Waals surface area contributed by atoms with Gasteiger partial charge in [0, 0.05) is 17.8 Å². The van der Waals surface area contributed by atoms with Crippen molar-refractivity contribution in [1.29, 1.82) is 0 Å². The molecule has 0 saturated carbocycles. The first-order chi connectivity index (χ1) is 9.88. The second kappa shape index (κ2) is 8.56. The summed E-state index contributed by atoms with van der Waals surface area (Å²) in [6.45, 7) is 6.13. The van der Waals surface area contributed by atoms with Crippen LogP contribution in [-0.2, 0) is 14.3 Å². The van der Waals surface area contributed by atoms with Crippen LogP contribution >= 0.6 is 11.3 Å². The van der Waals surface area contributed by atoms with E-state index < -0.39 is 5.97 Å². The fourth-order valence-electron chi connectivity index (χ4n) is 1.51. The second-order valence-corrected chi connectivity index (χ2v) is 6.48. The van der Waals surface area contributed by atoms with Crippen molar-refractivity contribution in [2.75, 3.05) is 13.2 Å². The van der Waals surface area contributed by atoms with Crippen LogP contribution in [0.15, 0.2) is 12.1 Å². The molecule has 0 aromatic carbocycles. The van der Waals surface area contributed by atoms with E-state index in [9.17, 15) is 14.4 Å². The molecule has 0 saturated heterocycles. The maximum absolute atomic E-state index is 11.8. The summed E-state index contributed by atoms with van der Waals surface area (Å²) in [6, 6.07) is 3.63. The van der Waals surface area contributed by atoms with Crippen molar-refractivity contribution in [3.05, 3.63) is 21.9 Å². The monoisotopic (exact) mass is 311 g/mol. The lowest BCUT2D eigenvalue weighted by Gasteiger charge is -2.08. The predicted molar refractivity (Wildman–Crippen MR) is 81.4 cm³/mol. The molecule has 116 valence electrons. The molecule has 0 radical (unpaired) electrons. The molecule has 6 heteroatoms. The fourth-order valence-corrected chi connectivity index (χ4v) is 2.35. The van der Waals surface area contributed by atoms with Gasteiger partial charge in [0.05, 0.1) is 11.3 Å². The maximum Gasteiger partial charge on any atom is 0.306 e. The Morgan fingerprint density at radius 1 is 1.24 bits per heavy atom. The van der Waals surface area contributed by atoms with E-state index in [0.717, 1.165) is 4.88 Å². The number of rotatable bonds is 8. The summed E-state index contributed by atoms with van der Waals surface area (Å²) >= 11 is 1.41. The molecule has 5 nitrogen and oxygen atoms in total. The number of ketones is 1. The van der Waals surface area contributed by atoms with Crippen molar-refractivity contribution < 1.29 is 19.1 Å². The van der Waals surface area contributed by atoms with E-state index in [-0.39, 0.29) is 31.1 Å². The summed E-state index contributed by atoms with van der Waals surface area (Å²) in [5.41, 5.74) is 0. The van der Waals surface area contributed by atoms with Gasteiger partial charge in [-0.05, 0) is 25.0 Å². The van der Waals surface area contributed by atoms with Gasteiger partial charge in [0.15, 0.2) is 12.4 Å². The van der Waals surface area contributed by atoms with Crippen LogP contribution in [0, 0.1) is 12.8 Å². The fraction of sp³-hybridized carbons (Fsp3) is 0.533. The van der Waals surface area contributed by atoms with Crippen molar-refractivity contribution >= 4 is 29.0 Å². The van der Waals surface area contributed by atoms with E-state index in [0.29, 0.717) is 17.3 Å². The lowest BCUT2D eigenvalue weighted by Crippen LogP contribution is -2.31. The molecule has 1 aromatic heterocycles. The number of thiophene rings is 1. The molecule has 0 atom stereocenters. The average molecular weight is 311 g/mol. The molecule has 0 bridgehead atoms. The van der Waals surface area contributed by atoms with Crippen LogP contribution in [-0.4, -0.2) is 30.8 Å². The topological polar surface area (TPSA) is 72.5 Å². The van der Waals surface area contributed by atoms with Crippen LogP contribution in [0.5, 0.6) is 0 Å². The lowest BCUT2D eigenvalue weighted by molar-refractivity contribution is -0.148. The molecular weight excluding hydrogens is 290 g/mol. The van der Waals surface area contributed by atoms with Crippen LogP contribution in [0.2, 0.25) is 0 Å². The molecule has 0 aliphatic carbocycles. The zero-order chi connectivity index (χ0) is 15.8. The van der Waals surface area contributed by atoms with Crippen LogP contribution in [0.4, 0.5) is 0 Å². The number of hydrogen-bond acceptors (Lipinski definition) is 5. The second-order valence-electron chi connectivity index (χ2n) is 5.19. The molecule has 0 aliphatic heterocycles. The molecule has 1 amide bonds. The van der Waals surface area contributed by atoms with E-state index in [4.69, 9.17) is 4.74 Å². The SMILES string of the molecule is Cc1ccc(C(=O)CCC(=O)OCC(=O)NCC(C)C)s1. The number of nitrogens with one attached hydrogen (secondary N) is 1. The van der Waals surface area contributed by atoms with Gasteiger partial charge >= 0.3 is 5.97 Å². The Hall–Kier alpha value is -1.69. The standard InChI is InChI=1S/C15H21NO4S/c1-10(2)8-16-14(18)9-20-15(19)7-5-12(17)13-6-4-11(3)21-13/h4,6,10H,5,7-9H2,1-3H3,(H,16,18). The predicted octanol–water partition coefficient (Wildman–Crippen LogP) is 2.33. The molecule has 1 aromatic rings. The van der Waals surface area contributed by atoms with E-state index in [1.165, 1.54) is 11.3 Å².